The Kier molecular flexibility index (Phi) is 4.01. The lowest BCUT2D eigenvalue weighted by Gasteiger charge is -2.22. The zero-order chi connectivity index (χ0) is 14.8. The molecule has 1 aromatic carbocycles. The number of hydrogen-bond donors (Lipinski definition) is 1. The average molecular weight is 302 g/mol. The van der Waals surface area contributed by atoms with Gasteiger partial charge in [0.1, 0.15) is 0 Å². The fraction of sp³-hybridized carbons (Fsp3) is 0.375. The number of aryl methyl sites for hydroxylation is 1. The van der Waals surface area contributed by atoms with Crippen LogP contribution in [0.25, 0.3) is 11.3 Å². The van der Waals surface area contributed by atoms with Crippen molar-refractivity contribution in [2.24, 2.45) is 7.05 Å². The predicted molar refractivity (Wildman–Crippen MR) is 84.9 cm³/mol. The first-order valence-electron chi connectivity index (χ1n) is 7.10. The Morgan fingerprint density at radius 2 is 2.10 bits per heavy atom. The van der Waals surface area contributed by atoms with E-state index in [4.69, 9.17) is 5.11 Å². The first-order valence-corrected chi connectivity index (χ1v) is 8.26. The van der Waals surface area contributed by atoms with E-state index in [-0.39, 0.29) is 5.69 Å². The molecule has 21 heavy (non-hydrogen) atoms. The van der Waals surface area contributed by atoms with E-state index in [2.05, 4.69) is 23.3 Å². The number of rotatable bonds is 3. The molecule has 0 unspecified atom stereocenters. The molecule has 1 aliphatic heterocycles. The van der Waals surface area contributed by atoms with Crippen molar-refractivity contribution in [1.29, 1.82) is 0 Å². The topological polar surface area (TPSA) is 55.1 Å². The Morgan fingerprint density at radius 1 is 1.33 bits per heavy atom. The number of aromatic carboxylic acids is 1. The molecule has 4 nitrogen and oxygen atoms in total. The van der Waals surface area contributed by atoms with Gasteiger partial charge in [-0.05, 0) is 48.0 Å². The minimum absolute atomic E-state index is 0.0898. The van der Waals surface area contributed by atoms with Crippen LogP contribution >= 0.6 is 11.8 Å². The van der Waals surface area contributed by atoms with E-state index in [1.807, 2.05) is 17.8 Å². The lowest BCUT2D eigenvalue weighted by molar-refractivity contribution is 0.0689. The van der Waals surface area contributed by atoms with Gasteiger partial charge >= 0.3 is 5.97 Å². The van der Waals surface area contributed by atoms with Gasteiger partial charge in [-0.25, -0.2) is 4.79 Å². The molecule has 1 aliphatic rings. The van der Waals surface area contributed by atoms with Crippen molar-refractivity contribution in [3.8, 4) is 11.3 Å². The Balaban J connectivity index is 1.93. The standard InChI is InChI=1S/C16H18N2O2S/c1-18-15(10-14(17-18)16(19)20)13-4-2-3-12(9-13)11-5-7-21-8-6-11/h2-4,9-11H,5-8H2,1H3,(H,19,20). The summed E-state index contributed by atoms with van der Waals surface area (Å²) < 4.78 is 1.64. The van der Waals surface area contributed by atoms with E-state index >= 15 is 0 Å². The summed E-state index contributed by atoms with van der Waals surface area (Å²) in [6, 6.07) is 10.1. The third kappa shape index (κ3) is 2.97. The van der Waals surface area contributed by atoms with Crippen molar-refractivity contribution in [1.82, 2.24) is 9.78 Å². The smallest absolute Gasteiger partial charge is 0.356 e. The molecule has 1 aromatic heterocycles. The molecule has 0 atom stereocenters. The number of aromatic nitrogens is 2. The van der Waals surface area contributed by atoms with Crippen LogP contribution in [0.15, 0.2) is 30.3 Å². The van der Waals surface area contributed by atoms with Crippen molar-refractivity contribution >= 4 is 17.7 Å². The molecular weight excluding hydrogens is 284 g/mol. The molecule has 1 N–H and O–H groups in total. The molecule has 0 bridgehead atoms. The molecule has 5 heteroatoms. The Bertz CT molecular complexity index is 660. The highest BCUT2D eigenvalue weighted by atomic mass is 32.2. The van der Waals surface area contributed by atoms with Gasteiger partial charge in [-0.3, -0.25) is 4.68 Å². The highest BCUT2D eigenvalue weighted by Gasteiger charge is 2.17. The largest absolute Gasteiger partial charge is 0.476 e. The minimum atomic E-state index is -0.989. The van der Waals surface area contributed by atoms with Crippen LogP contribution < -0.4 is 0 Å². The van der Waals surface area contributed by atoms with Gasteiger partial charge in [0.25, 0.3) is 0 Å². The van der Waals surface area contributed by atoms with Crippen molar-refractivity contribution in [3.63, 3.8) is 0 Å². The van der Waals surface area contributed by atoms with Gasteiger partial charge in [-0.2, -0.15) is 16.9 Å². The fourth-order valence-electron chi connectivity index (χ4n) is 2.82. The molecule has 0 spiro atoms. The van der Waals surface area contributed by atoms with Gasteiger partial charge in [0, 0.05) is 12.6 Å². The van der Waals surface area contributed by atoms with Crippen LogP contribution in [0, 0.1) is 0 Å². The van der Waals surface area contributed by atoms with Crippen molar-refractivity contribution < 1.29 is 9.90 Å². The number of nitrogens with zero attached hydrogens (tertiary/aromatic N) is 2. The van der Waals surface area contributed by atoms with E-state index in [0.29, 0.717) is 5.92 Å². The predicted octanol–water partition coefficient (Wildman–Crippen LogP) is 3.40. The maximum Gasteiger partial charge on any atom is 0.356 e. The molecule has 0 saturated carbocycles. The summed E-state index contributed by atoms with van der Waals surface area (Å²) >= 11 is 2.02. The SMILES string of the molecule is Cn1nc(C(=O)O)cc1-c1cccc(C2CCSCC2)c1. The van der Waals surface area contributed by atoms with E-state index in [1.165, 1.54) is 29.9 Å². The van der Waals surface area contributed by atoms with Gasteiger partial charge in [0.05, 0.1) is 5.69 Å². The van der Waals surface area contributed by atoms with Crippen LogP contribution in [0.1, 0.15) is 34.8 Å². The first-order chi connectivity index (χ1) is 10.1. The summed E-state index contributed by atoms with van der Waals surface area (Å²) in [6.45, 7) is 0. The molecular formula is C16H18N2O2S. The van der Waals surface area contributed by atoms with E-state index in [9.17, 15) is 4.79 Å². The van der Waals surface area contributed by atoms with Crippen LogP contribution in [0.3, 0.4) is 0 Å². The summed E-state index contributed by atoms with van der Waals surface area (Å²) in [7, 11) is 1.78. The van der Waals surface area contributed by atoms with Gasteiger partial charge in [0.2, 0.25) is 0 Å². The number of benzene rings is 1. The maximum atomic E-state index is 11.0. The quantitative estimate of drug-likeness (QED) is 0.944. The second-order valence-electron chi connectivity index (χ2n) is 5.36. The van der Waals surface area contributed by atoms with Crippen molar-refractivity contribution in [2.45, 2.75) is 18.8 Å². The molecule has 2 heterocycles. The molecule has 110 valence electrons. The monoisotopic (exact) mass is 302 g/mol. The van der Waals surface area contributed by atoms with Crippen molar-refractivity contribution in [3.05, 3.63) is 41.6 Å². The van der Waals surface area contributed by atoms with Gasteiger partial charge in [0.15, 0.2) is 5.69 Å². The first kappa shape index (κ1) is 14.2. The number of carboxylic acid groups (broad SMARTS) is 1. The zero-order valence-corrected chi connectivity index (χ0v) is 12.8. The normalized spacial score (nSPS) is 16.0. The second-order valence-corrected chi connectivity index (χ2v) is 6.58. The molecule has 1 saturated heterocycles. The lowest BCUT2D eigenvalue weighted by atomic mass is 9.92. The summed E-state index contributed by atoms with van der Waals surface area (Å²) in [5.74, 6) is 2.09. The van der Waals surface area contributed by atoms with Crippen LogP contribution in [-0.2, 0) is 7.05 Å². The Morgan fingerprint density at radius 3 is 2.76 bits per heavy atom. The van der Waals surface area contributed by atoms with E-state index < -0.39 is 5.97 Å². The highest BCUT2D eigenvalue weighted by Crippen LogP contribution is 2.33. The van der Waals surface area contributed by atoms with Gasteiger partial charge < -0.3 is 5.11 Å². The zero-order valence-electron chi connectivity index (χ0n) is 12.0. The fourth-order valence-corrected chi connectivity index (χ4v) is 3.93. The van der Waals surface area contributed by atoms with Crippen LogP contribution in [-0.4, -0.2) is 32.4 Å². The van der Waals surface area contributed by atoms with Crippen LogP contribution in [0.4, 0.5) is 0 Å². The molecule has 3 rings (SSSR count). The molecule has 0 aliphatic carbocycles. The van der Waals surface area contributed by atoms with E-state index in [1.54, 1.807) is 17.8 Å². The lowest BCUT2D eigenvalue weighted by Crippen LogP contribution is -2.07. The summed E-state index contributed by atoms with van der Waals surface area (Å²) in [6.07, 6.45) is 2.44. The molecule has 2 aromatic rings. The average Bonchev–Trinajstić information content (AvgIpc) is 2.91. The van der Waals surface area contributed by atoms with E-state index in [0.717, 1.165) is 11.3 Å². The second kappa shape index (κ2) is 5.93. The minimum Gasteiger partial charge on any atom is -0.476 e. The van der Waals surface area contributed by atoms with Crippen molar-refractivity contribution in [2.75, 3.05) is 11.5 Å². The molecule has 1 fully saturated rings. The molecule has 0 amide bonds. The Hall–Kier alpha value is -1.75. The summed E-state index contributed by atoms with van der Waals surface area (Å²) in [4.78, 5) is 11.0. The summed E-state index contributed by atoms with van der Waals surface area (Å²) in [5.41, 5.74) is 3.32. The number of carbonyl (C=O) groups is 1. The third-order valence-electron chi connectivity index (χ3n) is 3.97. The molecule has 0 radical (unpaired) electrons. The Labute approximate surface area is 128 Å². The third-order valence-corrected chi connectivity index (χ3v) is 5.02. The maximum absolute atomic E-state index is 11.0. The van der Waals surface area contributed by atoms with Crippen LogP contribution in [0.5, 0.6) is 0 Å². The number of thioether (sulfide) groups is 1. The van der Waals surface area contributed by atoms with Gasteiger partial charge in [-0.15, -0.1) is 0 Å². The van der Waals surface area contributed by atoms with Gasteiger partial charge in [-0.1, -0.05) is 18.2 Å². The highest BCUT2D eigenvalue weighted by molar-refractivity contribution is 7.99. The number of carboxylic acids is 1. The van der Waals surface area contributed by atoms with Crippen LogP contribution in [0.2, 0.25) is 0 Å². The summed E-state index contributed by atoms with van der Waals surface area (Å²) in [5, 5.41) is 13.1. The number of hydrogen-bond acceptors (Lipinski definition) is 3.